The van der Waals surface area contributed by atoms with E-state index in [0.29, 0.717) is 64.5 Å². The molecule has 0 aliphatic heterocycles. The van der Waals surface area contributed by atoms with E-state index in [0.717, 1.165) is 38.5 Å². The average molecular weight is 1060 g/mol. The quantitative estimate of drug-likeness (QED) is 0.0237. The number of allylic oxidation sites excluding steroid dienone is 1. The number of hydrogen-bond acceptors (Lipinski definition) is 15. The summed E-state index contributed by atoms with van der Waals surface area (Å²) < 4.78 is 10.7. The predicted molar refractivity (Wildman–Crippen MR) is 289 cm³/mol. The number of amides is 5. The molecule has 0 aromatic heterocycles. The normalized spacial score (nSPS) is 12.4. The third-order valence-electron chi connectivity index (χ3n) is 11.2. The molecule has 22 nitrogen and oxygen atoms in total. The maximum Gasteiger partial charge on any atom is 0.326 e. The van der Waals surface area contributed by atoms with Gasteiger partial charge in [-0.05, 0) is 78.1 Å². The van der Waals surface area contributed by atoms with Gasteiger partial charge in [0.25, 0.3) is 0 Å². The third kappa shape index (κ3) is 49.7. The van der Waals surface area contributed by atoms with E-state index in [1.165, 1.54) is 32.1 Å². The summed E-state index contributed by atoms with van der Waals surface area (Å²) in [4.78, 5) is 106. The Labute approximate surface area is 448 Å². The fraction of sp³-hybridized carbons (Fsp3) is 0.784. The van der Waals surface area contributed by atoms with E-state index < -0.39 is 70.7 Å². The van der Waals surface area contributed by atoms with E-state index in [-0.39, 0.29) is 82.6 Å². The molecule has 0 rings (SSSR count). The number of hydrogen-bond donors (Lipinski definition) is 11. The summed E-state index contributed by atoms with van der Waals surface area (Å²) in [5.41, 5.74) is 14.8. The number of carboxylic acid groups (broad SMARTS) is 2. The highest BCUT2D eigenvalue weighted by Crippen LogP contribution is 2.14. The van der Waals surface area contributed by atoms with Crippen molar-refractivity contribution in [1.82, 2.24) is 26.6 Å². The molecule has 1 unspecified atom stereocenters. The molecule has 0 spiro atoms. The molecule has 0 aliphatic rings. The van der Waals surface area contributed by atoms with Gasteiger partial charge < -0.3 is 78.2 Å². The first-order valence-corrected chi connectivity index (χ1v) is 26.7. The number of aliphatic carboxylic acids is 2. The molecule has 0 heterocycles. The fourth-order valence-electron chi connectivity index (χ4n) is 6.59. The maximum atomic E-state index is 12.5. The van der Waals surface area contributed by atoms with Crippen LogP contribution in [0.25, 0.3) is 0 Å². The minimum absolute atomic E-state index is 0.122. The fourth-order valence-corrected chi connectivity index (χ4v) is 6.59. The molecule has 14 N–H and O–H groups in total. The molecular formula is C51H94B2N8O14. The number of unbranched alkanes of at least 4 members (excludes halogenated alkanes) is 13. The number of nitrogens with two attached hydrogens (primary N) is 3. The van der Waals surface area contributed by atoms with Gasteiger partial charge in [-0.2, -0.15) is 0 Å². The molecule has 0 aromatic rings. The summed E-state index contributed by atoms with van der Waals surface area (Å²) in [5.74, 6) is -4.63. The van der Waals surface area contributed by atoms with Crippen LogP contribution >= 0.6 is 0 Å². The Morgan fingerprint density at radius 3 is 1.36 bits per heavy atom. The van der Waals surface area contributed by atoms with Crippen LogP contribution in [0.5, 0.6) is 0 Å². The molecule has 0 saturated carbocycles. The number of ether oxygens (including phenoxy) is 2. The summed E-state index contributed by atoms with van der Waals surface area (Å²) in [6.45, 7) is 11.8. The van der Waals surface area contributed by atoms with Crippen LogP contribution in [0.3, 0.4) is 0 Å². The van der Waals surface area contributed by atoms with E-state index in [2.05, 4.69) is 33.2 Å². The summed E-state index contributed by atoms with van der Waals surface area (Å²) >= 11 is 0. The van der Waals surface area contributed by atoms with Gasteiger partial charge in [0, 0.05) is 45.3 Å². The second-order valence-corrected chi connectivity index (χ2v) is 18.7. The minimum atomic E-state index is -1.39. The van der Waals surface area contributed by atoms with E-state index in [4.69, 9.17) is 47.5 Å². The lowest BCUT2D eigenvalue weighted by atomic mass is 9.86. The van der Waals surface area contributed by atoms with Crippen LogP contribution in [0.1, 0.15) is 182 Å². The molecule has 4 atom stereocenters. The molecule has 0 fully saturated rings. The van der Waals surface area contributed by atoms with Gasteiger partial charge in [0.15, 0.2) is 15.7 Å². The van der Waals surface area contributed by atoms with Crippen molar-refractivity contribution >= 4 is 68.5 Å². The van der Waals surface area contributed by atoms with Gasteiger partial charge in [0.1, 0.15) is 18.7 Å². The molecular weight excluding hydrogens is 970 g/mol. The molecule has 0 aliphatic carbocycles. The van der Waals surface area contributed by atoms with Crippen LogP contribution < -0.4 is 43.8 Å². The van der Waals surface area contributed by atoms with E-state index >= 15 is 0 Å². The molecule has 24 heteroatoms. The highest BCUT2D eigenvalue weighted by atomic mass is 16.5. The smallest absolute Gasteiger partial charge is 0.326 e. The summed E-state index contributed by atoms with van der Waals surface area (Å²) in [6, 6.07) is -4.07. The maximum absolute atomic E-state index is 12.5. The number of rotatable bonds is 46. The van der Waals surface area contributed by atoms with Crippen LogP contribution in [0, 0.1) is 0 Å². The van der Waals surface area contributed by atoms with Gasteiger partial charge in [-0.25, -0.2) is 9.59 Å². The SMILES string of the molecule is CC.[B]C(=O)C(C)(C)N.[B]C(=O)[C@@H](N)CCCCNC(=O)C(N)CCCCNC(=O)COCCOCCNC(=O)CC[C@H](NC(=O)CC[C@H](NC(=O)CCCCCCCCCCCCCCC(=C)O)C(=O)O)C(=O)O. The second kappa shape index (κ2) is 48.7. The average Bonchev–Trinajstić information content (AvgIpc) is 3.34. The molecule has 428 valence electrons. The van der Waals surface area contributed by atoms with Crippen LogP contribution in [0.15, 0.2) is 12.3 Å². The van der Waals surface area contributed by atoms with Crippen molar-refractivity contribution in [1.29, 1.82) is 0 Å². The topological polar surface area (TPSA) is 371 Å². The lowest BCUT2D eigenvalue weighted by Gasteiger charge is -2.17. The second-order valence-electron chi connectivity index (χ2n) is 18.7. The van der Waals surface area contributed by atoms with Crippen molar-refractivity contribution in [2.45, 2.75) is 212 Å². The van der Waals surface area contributed by atoms with Crippen LogP contribution in [-0.2, 0) is 52.6 Å². The zero-order valence-corrected chi connectivity index (χ0v) is 45.7. The third-order valence-corrected chi connectivity index (χ3v) is 11.2. The first kappa shape index (κ1) is 74.3. The van der Waals surface area contributed by atoms with Crippen molar-refractivity contribution in [3.05, 3.63) is 12.3 Å². The van der Waals surface area contributed by atoms with Crippen molar-refractivity contribution in [2.75, 3.05) is 46.1 Å². The van der Waals surface area contributed by atoms with Crippen molar-refractivity contribution in [3.8, 4) is 0 Å². The zero-order chi connectivity index (χ0) is 57.5. The van der Waals surface area contributed by atoms with E-state index in [1.807, 2.05) is 13.8 Å². The summed E-state index contributed by atoms with van der Waals surface area (Å²) in [6.07, 6.45) is 15.9. The Kier molecular flexibility index (Phi) is 48.3. The lowest BCUT2D eigenvalue weighted by Crippen LogP contribution is -2.44. The van der Waals surface area contributed by atoms with E-state index in [1.54, 1.807) is 13.8 Å². The monoisotopic (exact) mass is 1060 g/mol. The van der Waals surface area contributed by atoms with Crippen molar-refractivity contribution < 1.29 is 67.9 Å². The van der Waals surface area contributed by atoms with Gasteiger partial charge in [0.05, 0.1) is 54.6 Å². The standard InChI is InChI=1S/C45H80BN7O13.C4H8BNO.C2H6/c1-33(54)18-12-10-8-6-4-2-3-5-7-9-11-13-21-39(56)52-37(45(63)64)23-25-40(57)53-36(44(61)62)22-24-38(55)50-28-29-65-30-31-66-32-41(58)49-26-16-15-20-35(48)43(60)51-27-17-14-19-34(47)42(46)59;1-4(2,6)3(5)7;1-2/h34-37,54H,1-32,47-48H2,(H,49,58)(H,50,55)(H,51,60)(H,52,56)(H,53,57)(H,61,62)(H,63,64);6H2,1-2H3;1-2H3/t34-,35?,36-,37-;;/m0../s1. The summed E-state index contributed by atoms with van der Waals surface area (Å²) in [5, 5.41) is 41.0. The molecule has 5 amide bonds. The minimum Gasteiger partial charge on any atom is -0.513 e. The Morgan fingerprint density at radius 2 is 0.907 bits per heavy atom. The number of aliphatic hydroxyl groups is 1. The largest absolute Gasteiger partial charge is 0.513 e. The van der Waals surface area contributed by atoms with Gasteiger partial charge in [-0.1, -0.05) is 84.6 Å². The first-order valence-electron chi connectivity index (χ1n) is 26.7. The van der Waals surface area contributed by atoms with Crippen LogP contribution in [0.2, 0.25) is 0 Å². The highest BCUT2D eigenvalue weighted by molar-refractivity contribution is 6.60. The molecule has 4 radical (unpaired) electrons. The lowest BCUT2D eigenvalue weighted by molar-refractivity contribution is -0.143. The highest BCUT2D eigenvalue weighted by Gasteiger charge is 2.25. The van der Waals surface area contributed by atoms with Gasteiger partial charge in [-0.3, -0.25) is 24.0 Å². The number of carbonyl (C=O) groups excluding carboxylic acids is 7. The summed E-state index contributed by atoms with van der Waals surface area (Å²) in [7, 11) is 9.92. The van der Waals surface area contributed by atoms with E-state index in [9.17, 15) is 53.4 Å². The van der Waals surface area contributed by atoms with Crippen molar-refractivity contribution in [2.24, 2.45) is 17.2 Å². The molecule has 75 heavy (non-hydrogen) atoms. The Bertz CT molecular complexity index is 1640. The van der Waals surface area contributed by atoms with Gasteiger partial charge in [0.2, 0.25) is 29.5 Å². The van der Waals surface area contributed by atoms with Crippen LogP contribution in [0.4, 0.5) is 0 Å². The first-order chi connectivity index (χ1) is 35.5. The Morgan fingerprint density at radius 1 is 0.507 bits per heavy atom. The Hall–Kier alpha value is -4.90. The van der Waals surface area contributed by atoms with Crippen molar-refractivity contribution in [3.63, 3.8) is 0 Å². The van der Waals surface area contributed by atoms with Gasteiger partial charge in [-0.15, -0.1) is 0 Å². The molecule has 0 bridgehead atoms. The molecule has 0 saturated heterocycles. The van der Waals surface area contributed by atoms with Gasteiger partial charge >= 0.3 is 11.9 Å². The van der Waals surface area contributed by atoms with Crippen LogP contribution in [-0.4, -0.2) is 160 Å². The molecule has 0 aromatic carbocycles. The zero-order valence-electron chi connectivity index (χ0n) is 45.7. The number of aliphatic hydroxyl groups excluding tert-OH is 1. The Balaban J connectivity index is -0.00000527. The number of nitrogens with one attached hydrogen (secondary N) is 5. The number of carboxylic acids is 2. The predicted octanol–water partition coefficient (Wildman–Crippen LogP) is 2.74. The number of carbonyl (C=O) groups is 9.